The lowest BCUT2D eigenvalue weighted by molar-refractivity contribution is 0.589. The molecule has 0 radical (unpaired) electrons. The summed E-state index contributed by atoms with van der Waals surface area (Å²) in [4.78, 5) is 0. The van der Waals surface area contributed by atoms with E-state index in [0.717, 1.165) is 16.5 Å². The van der Waals surface area contributed by atoms with Crippen LogP contribution >= 0.6 is 27.5 Å². The zero-order valence-corrected chi connectivity index (χ0v) is 12.8. The molecule has 0 heterocycles. The van der Waals surface area contributed by atoms with Gasteiger partial charge in [0.15, 0.2) is 0 Å². The van der Waals surface area contributed by atoms with Crippen LogP contribution in [0.2, 0.25) is 5.02 Å². The third-order valence-electron chi connectivity index (χ3n) is 3.02. The third kappa shape index (κ3) is 3.78. The van der Waals surface area contributed by atoms with Crippen molar-refractivity contribution >= 4 is 27.5 Å². The predicted octanol–water partition coefficient (Wildman–Crippen LogP) is 4.74. The Morgan fingerprint density at radius 2 is 2.05 bits per heavy atom. The minimum Gasteiger partial charge on any atom is -0.313 e. The van der Waals surface area contributed by atoms with Crippen LogP contribution in [0.1, 0.15) is 17.2 Å². The highest BCUT2D eigenvalue weighted by Gasteiger charge is 2.11. The molecule has 0 aromatic heterocycles. The normalized spacial score (nSPS) is 12.4. The van der Waals surface area contributed by atoms with Crippen molar-refractivity contribution in [3.05, 3.63) is 68.9 Å². The summed E-state index contributed by atoms with van der Waals surface area (Å²) in [5, 5.41) is 3.44. The van der Waals surface area contributed by atoms with Crippen LogP contribution in [0.25, 0.3) is 0 Å². The van der Waals surface area contributed by atoms with Gasteiger partial charge in [-0.15, -0.1) is 0 Å². The minimum atomic E-state index is -0.381. The Kier molecular flexibility index (Phi) is 4.97. The summed E-state index contributed by atoms with van der Waals surface area (Å²) < 4.78 is 14.2. The van der Waals surface area contributed by atoms with E-state index in [0.29, 0.717) is 0 Å². The number of rotatable bonds is 4. The van der Waals surface area contributed by atoms with Gasteiger partial charge in [0.25, 0.3) is 0 Å². The number of nitrogens with one attached hydrogen (secondary N) is 1. The summed E-state index contributed by atoms with van der Waals surface area (Å²) >= 11 is 9.28. The van der Waals surface area contributed by atoms with Crippen LogP contribution in [0.15, 0.2) is 46.9 Å². The summed E-state index contributed by atoms with van der Waals surface area (Å²) in [6, 6.07) is 13.2. The Balaban J connectivity index is 2.21. The third-order valence-corrected chi connectivity index (χ3v) is 3.81. The van der Waals surface area contributed by atoms with Crippen LogP contribution in [0.5, 0.6) is 0 Å². The molecule has 0 aliphatic heterocycles. The van der Waals surface area contributed by atoms with Gasteiger partial charge in [-0.3, -0.25) is 0 Å². The van der Waals surface area contributed by atoms with Crippen LogP contribution in [0, 0.1) is 5.82 Å². The molecule has 2 rings (SSSR count). The fourth-order valence-corrected chi connectivity index (χ4v) is 2.63. The van der Waals surface area contributed by atoms with Crippen molar-refractivity contribution in [2.24, 2.45) is 0 Å². The van der Waals surface area contributed by atoms with Gasteiger partial charge in [0, 0.05) is 10.5 Å². The van der Waals surface area contributed by atoms with Crippen molar-refractivity contribution in [1.29, 1.82) is 0 Å². The van der Waals surface area contributed by atoms with E-state index < -0.39 is 0 Å². The lowest BCUT2D eigenvalue weighted by Gasteiger charge is -2.17. The SMILES string of the molecule is CNC(Cc1ccc(F)c(Cl)c1)c1cccc(Br)c1. The quantitative estimate of drug-likeness (QED) is 0.846. The summed E-state index contributed by atoms with van der Waals surface area (Å²) in [6.07, 6.45) is 0.757. The zero-order chi connectivity index (χ0) is 13.8. The largest absolute Gasteiger partial charge is 0.313 e. The van der Waals surface area contributed by atoms with E-state index in [4.69, 9.17) is 11.6 Å². The van der Waals surface area contributed by atoms with Gasteiger partial charge in [-0.25, -0.2) is 4.39 Å². The highest BCUT2D eigenvalue weighted by Crippen LogP contribution is 2.23. The molecule has 4 heteroatoms. The highest BCUT2D eigenvalue weighted by molar-refractivity contribution is 9.10. The van der Waals surface area contributed by atoms with Crippen molar-refractivity contribution in [3.8, 4) is 0 Å². The van der Waals surface area contributed by atoms with Crippen molar-refractivity contribution in [2.45, 2.75) is 12.5 Å². The molecule has 0 amide bonds. The molecule has 0 aliphatic carbocycles. The number of hydrogen-bond acceptors (Lipinski definition) is 1. The molecule has 1 unspecified atom stereocenters. The van der Waals surface area contributed by atoms with Crippen LogP contribution in [-0.2, 0) is 6.42 Å². The van der Waals surface area contributed by atoms with Gasteiger partial charge < -0.3 is 5.32 Å². The fraction of sp³-hybridized carbons (Fsp3) is 0.200. The van der Waals surface area contributed by atoms with E-state index in [1.807, 2.05) is 19.2 Å². The number of halogens is 3. The van der Waals surface area contributed by atoms with Crippen molar-refractivity contribution in [1.82, 2.24) is 5.32 Å². The van der Waals surface area contributed by atoms with Crippen LogP contribution < -0.4 is 5.32 Å². The Labute approximate surface area is 125 Å². The molecule has 0 bridgehead atoms. The maximum Gasteiger partial charge on any atom is 0.141 e. The number of likely N-dealkylation sites (N-methyl/N-ethyl adjacent to an activating group) is 1. The van der Waals surface area contributed by atoms with E-state index >= 15 is 0 Å². The van der Waals surface area contributed by atoms with Crippen molar-refractivity contribution in [3.63, 3.8) is 0 Å². The standard InChI is InChI=1S/C15H14BrClFN/c1-19-15(11-3-2-4-12(16)9-11)8-10-5-6-14(18)13(17)7-10/h2-7,9,15,19H,8H2,1H3. The van der Waals surface area contributed by atoms with Crippen LogP contribution in [0.4, 0.5) is 4.39 Å². The maximum atomic E-state index is 13.1. The smallest absolute Gasteiger partial charge is 0.141 e. The molecule has 2 aromatic carbocycles. The van der Waals surface area contributed by atoms with E-state index in [2.05, 4.69) is 33.4 Å². The summed E-state index contributed by atoms with van der Waals surface area (Å²) in [6.45, 7) is 0. The first-order chi connectivity index (χ1) is 9.10. The van der Waals surface area contributed by atoms with Gasteiger partial charge in [0.2, 0.25) is 0 Å². The summed E-state index contributed by atoms with van der Waals surface area (Å²) in [5.74, 6) is -0.381. The van der Waals surface area contributed by atoms with Gasteiger partial charge in [-0.1, -0.05) is 45.7 Å². The highest BCUT2D eigenvalue weighted by atomic mass is 79.9. The van der Waals surface area contributed by atoms with E-state index in [1.165, 1.54) is 11.6 Å². The Morgan fingerprint density at radius 1 is 1.26 bits per heavy atom. The first-order valence-electron chi connectivity index (χ1n) is 5.97. The van der Waals surface area contributed by atoms with Crippen LogP contribution in [-0.4, -0.2) is 7.05 Å². The van der Waals surface area contributed by atoms with Crippen molar-refractivity contribution < 1.29 is 4.39 Å². The number of hydrogen-bond donors (Lipinski definition) is 1. The molecular formula is C15H14BrClFN. The first kappa shape index (κ1) is 14.5. The summed E-state index contributed by atoms with van der Waals surface area (Å²) in [7, 11) is 1.91. The minimum absolute atomic E-state index is 0.166. The Hall–Kier alpha value is -0.900. The lowest BCUT2D eigenvalue weighted by Crippen LogP contribution is -2.18. The van der Waals surface area contributed by atoms with Gasteiger partial charge in [-0.2, -0.15) is 0 Å². The molecule has 19 heavy (non-hydrogen) atoms. The van der Waals surface area contributed by atoms with Gasteiger partial charge >= 0.3 is 0 Å². The molecule has 0 aliphatic rings. The fourth-order valence-electron chi connectivity index (χ4n) is 2.01. The summed E-state index contributed by atoms with van der Waals surface area (Å²) in [5.41, 5.74) is 2.18. The monoisotopic (exact) mass is 341 g/mol. The second-order valence-electron chi connectivity index (χ2n) is 4.35. The molecule has 1 atom stereocenters. The second-order valence-corrected chi connectivity index (χ2v) is 5.67. The average Bonchev–Trinajstić information content (AvgIpc) is 2.40. The predicted molar refractivity (Wildman–Crippen MR) is 81.1 cm³/mol. The maximum absolute atomic E-state index is 13.1. The van der Waals surface area contributed by atoms with E-state index in [9.17, 15) is 4.39 Å². The molecule has 1 nitrogen and oxygen atoms in total. The molecule has 0 saturated carbocycles. The van der Waals surface area contributed by atoms with E-state index in [-0.39, 0.29) is 16.9 Å². The zero-order valence-electron chi connectivity index (χ0n) is 10.5. The van der Waals surface area contributed by atoms with Gasteiger partial charge in [0.1, 0.15) is 5.82 Å². The second kappa shape index (κ2) is 6.51. The molecule has 0 saturated heterocycles. The first-order valence-corrected chi connectivity index (χ1v) is 7.14. The van der Waals surface area contributed by atoms with Crippen LogP contribution in [0.3, 0.4) is 0 Å². The van der Waals surface area contributed by atoms with Gasteiger partial charge in [-0.05, 0) is 48.9 Å². The van der Waals surface area contributed by atoms with E-state index in [1.54, 1.807) is 12.1 Å². The molecule has 0 spiro atoms. The molecular weight excluding hydrogens is 329 g/mol. The Bertz CT molecular complexity index is 574. The molecule has 100 valence electrons. The lowest BCUT2D eigenvalue weighted by atomic mass is 9.99. The average molecular weight is 343 g/mol. The molecule has 0 fully saturated rings. The topological polar surface area (TPSA) is 12.0 Å². The number of benzene rings is 2. The Morgan fingerprint density at radius 3 is 2.68 bits per heavy atom. The molecule has 1 N–H and O–H groups in total. The van der Waals surface area contributed by atoms with Gasteiger partial charge in [0.05, 0.1) is 5.02 Å². The molecule has 2 aromatic rings. The van der Waals surface area contributed by atoms with Crippen molar-refractivity contribution in [2.75, 3.05) is 7.05 Å².